The van der Waals surface area contributed by atoms with Crippen LogP contribution in [0.4, 0.5) is 0 Å². The van der Waals surface area contributed by atoms with Gasteiger partial charge in [-0.2, -0.15) is 0 Å². The molecule has 1 saturated heterocycles. The SMILES string of the molecule is COC(OC)C(Br)C1O[C@H](COCc2ccccc2)[C@@H](OCc2ccccc2)[C@@H]1OCc1ccccc1. The molecule has 0 radical (unpaired) electrons. The largest absolute Gasteiger partial charge is 0.374 e. The van der Waals surface area contributed by atoms with Crippen LogP contribution in [-0.2, 0) is 48.2 Å². The van der Waals surface area contributed by atoms with Crippen molar-refractivity contribution < 1.29 is 28.4 Å². The van der Waals surface area contributed by atoms with Crippen LogP contribution in [0.25, 0.3) is 0 Å². The van der Waals surface area contributed by atoms with Gasteiger partial charge in [0.25, 0.3) is 0 Å². The van der Waals surface area contributed by atoms with Crippen LogP contribution >= 0.6 is 15.9 Å². The Labute approximate surface area is 227 Å². The Kier molecular flexibility index (Phi) is 11.1. The van der Waals surface area contributed by atoms with Gasteiger partial charge < -0.3 is 28.4 Å². The number of halogens is 1. The van der Waals surface area contributed by atoms with Crippen molar-refractivity contribution in [3.63, 3.8) is 0 Å². The average Bonchev–Trinajstić information content (AvgIpc) is 3.30. The van der Waals surface area contributed by atoms with Gasteiger partial charge in [0.15, 0.2) is 6.29 Å². The molecule has 0 bridgehead atoms. The molecular weight excluding hydrogens is 536 g/mol. The molecule has 1 aliphatic heterocycles. The molecule has 3 aromatic carbocycles. The molecule has 4 rings (SSSR count). The first-order chi connectivity index (χ1) is 18.2. The molecule has 0 spiro atoms. The molecule has 1 aliphatic rings. The Bertz CT molecular complexity index is 1020. The van der Waals surface area contributed by atoms with Crippen molar-refractivity contribution in [2.75, 3.05) is 20.8 Å². The van der Waals surface area contributed by atoms with Gasteiger partial charge >= 0.3 is 0 Å². The molecule has 6 nitrogen and oxygen atoms in total. The van der Waals surface area contributed by atoms with Gasteiger partial charge in [0, 0.05) is 14.2 Å². The first kappa shape index (κ1) is 27.9. The van der Waals surface area contributed by atoms with E-state index >= 15 is 0 Å². The van der Waals surface area contributed by atoms with Crippen LogP contribution in [0.3, 0.4) is 0 Å². The molecule has 198 valence electrons. The zero-order valence-corrected chi connectivity index (χ0v) is 22.9. The van der Waals surface area contributed by atoms with Crippen molar-refractivity contribution in [3.05, 3.63) is 108 Å². The summed E-state index contributed by atoms with van der Waals surface area (Å²) in [5, 5.41) is 0. The third-order valence-electron chi connectivity index (χ3n) is 6.35. The van der Waals surface area contributed by atoms with E-state index < -0.39 is 6.29 Å². The quantitative estimate of drug-likeness (QED) is 0.188. The first-order valence-electron chi connectivity index (χ1n) is 12.5. The highest BCUT2D eigenvalue weighted by atomic mass is 79.9. The number of benzene rings is 3. The molecule has 3 aromatic rings. The minimum Gasteiger partial charge on any atom is -0.374 e. The molecule has 2 unspecified atom stereocenters. The van der Waals surface area contributed by atoms with Crippen LogP contribution in [0, 0.1) is 0 Å². The minimum absolute atomic E-state index is 0.287. The van der Waals surface area contributed by atoms with Crippen LogP contribution in [0.1, 0.15) is 16.7 Å². The van der Waals surface area contributed by atoms with Crippen LogP contribution < -0.4 is 0 Å². The summed E-state index contributed by atoms with van der Waals surface area (Å²) in [6.45, 7) is 1.72. The fourth-order valence-electron chi connectivity index (χ4n) is 4.45. The second-order valence-electron chi connectivity index (χ2n) is 8.95. The first-order valence-corrected chi connectivity index (χ1v) is 13.4. The summed E-state index contributed by atoms with van der Waals surface area (Å²) in [6.07, 6.45) is -2.00. The Hall–Kier alpha value is -2.10. The zero-order valence-electron chi connectivity index (χ0n) is 21.3. The smallest absolute Gasteiger partial charge is 0.171 e. The normalized spacial score (nSPS) is 22.4. The summed E-state index contributed by atoms with van der Waals surface area (Å²) in [7, 11) is 3.22. The highest BCUT2D eigenvalue weighted by Crippen LogP contribution is 2.35. The molecule has 0 amide bonds. The number of ether oxygens (including phenoxy) is 6. The number of hydrogen-bond donors (Lipinski definition) is 0. The van der Waals surface area contributed by atoms with E-state index in [1.807, 2.05) is 91.0 Å². The molecule has 0 aliphatic carbocycles. The van der Waals surface area contributed by atoms with Gasteiger partial charge in [-0.05, 0) is 16.7 Å². The maximum Gasteiger partial charge on any atom is 0.171 e. The topological polar surface area (TPSA) is 55.4 Å². The van der Waals surface area contributed by atoms with E-state index in [4.69, 9.17) is 28.4 Å². The van der Waals surface area contributed by atoms with E-state index in [2.05, 4.69) is 15.9 Å². The monoisotopic (exact) mass is 570 g/mol. The number of methoxy groups -OCH3 is 2. The van der Waals surface area contributed by atoms with Crippen molar-refractivity contribution in [1.29, 1.82) is 0 Å². The van der Waals surface area contributed by atoms with E-state index in [0.717, 1.165) is 16.7 Å². The summed E-state index contributed by atoms with van der Waals surface area (Å²) in [4.78, 5) is -0.287. The highest BCUT2D eigenvalue weighted by Gasteiger charge is 2.50. The molecule has 7 heteroatoms. The third-order valence-corrected chi connectivity index (χ3v) is 7.30. The Morgan fingerprint density at radius 3 is 1.62 bits per heavy atom. The van der Waals surface area contributed by atoms with E-state index in [1.165, 1.54) is 0 Å². The zero-order chi connectivity index (χ0) is 25.9. The maximum atomic E-state index is 6.57. The fourth-order valence-corrected chi connectivity index (χ4v) is 5.31. The van der Waals surface area contributed by atoms with Crippen LogP contribution in [-0.4, -0.2) is 56.4 Å². The van der Waals surface area contributed by atoms with Crippen molar-refractivity contribution in [2.24, 2.45) is 0 Å². The molecule has 1 heterocycles. The van der Waals surface area contributed by atoms with Gasteiger partial charge in [-0.15, -0.1) is 0 Å². The molecule has 0 aromatic heterocycles. The van der Waals surface area contributed by atoms with Crippen LogP contribution in [0.2, 0.25) is 0 Å². The van der Waals surface area contributed by atoms with Crippen molar-refractivity contribution in [2.45, 2.75) is 55.4 Å². The molecular formula is C30H35BrO6. The lowest BCUT2D eigenvalue weighted by atomic mass is 10.0. The van der Waals surface area contributed by atoms with Gasteiger partial charge in [0.1, 0.15) is 24.4 Å². The molecule has 0 saturated carbocycles. The highest BCUT2D eigenvalue weighted by molar-refractivity contribution is 9.09. The van der Waals surface area contributed by atoms with Gasteiger partial charge in [-0.25, -0.2) is 0 Å². The number of hydrogen-bond acceptors (Lipinski definition) is 6. The average molecular weight is 572 g/mol. The third kappa shape index (κ3) is 7.94. The second-order valence-corrected chi connectivity index (χ2v) is 10.0. The van der Waals surface area contributed by atoms with Crippen molar-refractivity contribution >= 4 is 15.9 Å². The van der Waals surface area contributed by atoms with Gasteiger partial charge in [0.2, 0.25) is 0 Å². The standard InChI is InChI=1S/C30H35BrO6/c1-32-30(33-2)26(31)28-29(36-20-24-16-10-5-11-17-24)27(35-19-23-14-8-4-9-15-23)25(37-28)21-34-18-22-12-6-3-7-13-22/h3-17,25-30H,18-21H2,1-2H3/t25-,26?,27-,28?,29+/m1/s1. The predicted octanol–water partition coefficient (Wildman–Crippen LogP) is 5.52. The van der Waals surface area contributed by atoms with E-state index in [1.54, 1.807) is 14.2 Å². The van der Waals surface area contributed by atoms with E-state index in [-0.39, 0.29) is 29.2 Å². The van der Waals surface area contributed by atoms with Crippen LogP contribution in [0.15, 0.2) is 91.0 Å². The Balaban J connectivity index is 1.53. The van der Waals surface area contributed by atoms with Gasteiger partial charge in [-0.1, -0.05) is 107 Å². The fraction of sp³-hybridized carbons (Fsp3) is 0.400. The molecule has 37 heavy (non-hydrogen) atoms. The lowest BCUT2D eigenvalue weighted by Crippen LogP contribution is -2.45. The van der Waals surface area contributed by atoms with Crippen molar-refractivity contribution in [1.82, 2.24) is 0 Å². The number of alkyl halides is 1. The van der Waals surface area contributed by atoms with Gasteiger partial charge in [-0.3, -0.25) is 0 Å². The molecule has 0 N–H and O–H groups in total. The summed E-state index contributed by atoms with van der Waals surface area (Å²) in [5.74, 6) is 0. The number of rotatable bonds is 14. The van der Waals surface area contributed by atoms with Gasteiger partial charge in [0.05, 0.1) is 31.3 Å². The summed E-state index contributed by atoms with van der Waals surface area (Å²) in [5.41, 5.74) is 3.26. The predicted molar refractivity (Wildman–Crippen MR) is 145 cm³/mol. The maximum absolute atomic E-state index is 6.57. The summed E-state index contributed by atoms with van der Waals surface area (Å²) in [6, 6.07) is 30.3. The summed E-state index contributed by atoms with van der Waals surface area (Å²) >= 11 is 3.76. The molecule has 1 fully saturated rings. The van der Waals surface area contributed by atoms with Crippen molar-refractivity contribution in [3.8, 4) is 0 Å². The molecule has 5 atom stereocenters. The lowest BCUT2D eigenvalue weighted by Gasteiger charge is -2.29. The van der Waals surface area contributed by atoms with Crippen LogP contribution in [0.5, 0.6) is 0 Å². The van der Waals surface area contributed by atoms with E-state index in [0.29, 0.717) is 26.4 Å². The lowest BCUT2D eigenvalue weighted by molar-refractivity contribution is -0.136. The Morgan fingerprint density at radius 1 is 0.676 bits per heavy atom. The Morgan fingerprint density at radius 2 is 1.14 bits per heavy atom. The minimum atomic E-state index is -0.522. The van der Waals surface area contributed by atoms with E-state index in [9.17, 15) is 0 Å². The summed E-state index contributed by atoms with van der Waals surface area (Å²) < 4.78 is 36.8. The second kappa shape index (κ2) is 14.7.